The number of carbonyl (C=O) groups is 1. The maximum Gasteiger partial charge on any atom is 0.573 e. The van der Waals surface area contributed by atoms with Crippen molar-refractivity contribution < 1.29 is 22.7 Å². The molecule has 0 spiro atoms. The fourth-order valence-corrected chi connectivity index (χ4v) is 2.72. The average molecular weight is 391 g/mol. The van der Waals surface area contributed by atoms with Crippen molar-refractivity contribution in [2.24, 2.45) is 0 Å². The van der Waals surface area contributed by atoms with Crippen molar-refractivity contribution in [2.45, 2.75) is 26.3 Å². The summed E-state index contributed by atoms with van der Waals surface area (Å²) in [6.45, 7) is 1.75. The SMILES string of the molecule is Cc1nc2ccccc2n(CCC(=O)Nc2ccc(OC(F)(F)F)cc2)c1=O. The van der Waals surface area contributed by atoms with Crippen molar-refractivity contribution in [3.8, 4) is 5.75 Å². The van der Waals surface area contributed by atoms with Gasteiger partial charge in [0.25, 0.3) is 5.56 Å². The zero-order chi connectivity index (χ0) is 20.3. The van der Waals surface area contributed by atoms with E-state index < -0.39 is 6.36 Å². The second kappa shape index (κ2) is 7.71. The summed E-state index contributed by atoms with van der Waals surface area (Å²) in [5.41, 5.74) is 1.65. The van der Waals surface area contributed by atoms with E-state index in [9.17, 15) is 22.8 Å². The summed E-state index contributed by atoms with van der Waals surface area (Å²) in [5, 5.41) is 2.58. The Bertz CT molecular complexity index is 1060. The van der Waals surface area contributed by atoms with Gasteiger partial charge in [0, 0.05) is 18.7 Å². The van der Waals surface area contributed by atoms with Gasteiger partial charge in [-0.2, -0.15) is 0 Å². The molecule has 146 valence electrons. The minimum atomic E-state index is -4.77. The van der Waals surface area contributed by atoms with Crippen molar-refractivity contribution in [1.82, 2.24) is 9.55 Å². The van der Waals surface area contributed by atoms with E-state index in [-0.39, 0.29) is 30.2 Å². The lowest BCUT2D eigenvalue weighted by molar-refractivity contribution is -0.274. The van der Waals surface area contributed by atoms with Crippen molar-refractivity contribution in [1.29, 1.82) is 0 Å². The fraction of sp³-hybridized carbons (Fsp3) is 0.211. The van der Waals surface area contributed by atoms with Gasteiger partial charge in [0.1, 0.15) is 11.4 Å². The number of nitrogens with zero attached hydrogens (tertiary/aromatic N) is 2. The van der Waals surface area contributed by atoms with Gasteiger partial charge in [-0.1, -0.05) is 12.1 Å². The molecular weight excluding hydrogens is 375 g/mol. The highest BCUT2D eigenvalue weighted by Gasteiger charge is 2.30. The van der Waals surface area contributed by atoms with E-state index in [2.05, 4.69) is 15.0 Å². The molecule has 1 heterocycles. The van der Waals surface area contributed by atoms with E-state index in [1.807, 2.05) is 6.07 Å². The second-order valence-corrected chi connectivity index (χ2v) is 6.01. The van der Waals surface area contributed by atoms with Crippen LogP contribution in [0.3, 0.4) is 0 Å². The molecule has 1 N–H and O–H groups in total. The molecule has 0 atom stereocenters. The number of alkyl halides is 3. The van der Waals surface area contributed by atoms with Crippen LogP contribution < -0.4 is 15.6 Å². The van der Waals surface area contributed by atoms with Crippen LogP contribution in [0.15, 0.2) is 53.3 Å². The molecule has 0 unspecified atom stereocenters. The number of ether oxygens (including phenoxy) is 1. The van der Waals surface area contributed by atoms with Crippen molar-refractivity contribution in [2.75, 3.05) is 5.32 Å². The number of carbonyl (C=O) groups excluding carboxylic acids is 1. The molecule has 1 aromatic heterocycles. The molecule has 0 aliphatic heterocycles. The van der Waals surface area contributed by atoms with E-state index in [0.29, 0.717) is 22.4 Å². The van der Waals surface area contributed by atoms with Gasteiger partial charge in [-0.3, -0.25) is 9.59 Å². The first kappa shape index (κ1) is 19.4. The van der Waals surface area contributed by atoms with E-state index >= 15 is 0 Å². The van der Waals surface area contributed by atoms with E-state index in [4.69, 9.17) is 0 Å². The molecule has 0 fully saturated rings. The summed E-state index contributed by atoms with van der Waals surface area (Å²) in [7, 11) is 0. The quantitative estimate of drug-likeness (QED) is 0.721. The Morgan fingerprint density at radius 2 is 1.82 bits per heavy atom. The average Bonchev–Trinajstić information content (AvgIpc) is 2.62. The highest BCUT2D eigenvalue weighted by Crippen LogP contribution is 2.24. The normalized spacial score (nSPS) is 11.4. The Hall–Kier alpha value is -3.36. The molecule has 0 aliphatic rings. The number of hydrogen-bond acceptors (Lipinski definition) is 4. The van der Waals surface area contributed by atoms with Crippen LogP contribution in [-0.2, 0) is 11.3 Å². The summed E-state index contributed by atoms with van der Waals surface area (Å²) in [5.74, 6) is -0.759. The smallest absolute Gasteiger partial charge is 0.406 e. The van der Waals surface area contributed by atoms with Crippen LogP contribution in [0.1, 0.15) is 12.1 Å². The van der Waals surface area contributed by atoms with Crippen molar-refractivity contribution in [3.63, 3.8) is 0 Å². The first-order chi connectivity index (χ1) is 13.2. The van der Waals surface area contributed by atoms with E-state index in [1.54, 1.807) is 25.1 Å². The second-order valence-electron chi connectivity index (χ2n) is 6.01. The number of benzene rings is 2. The number of nitrogens with one attached hydrogen (secondary N) is 1. The van der Waals surface area contributed by atoms with Crippen molar-refractivity contribution in [3.05, 3.63) is 64.6 Å². The number of hydrogen-bond donors (Lipinski definition) is 1. The highest BCUT2D eigenvalue weighted by atomic mass is 19.4. The topological polar surface area (TPSA) is 73.2 Å². The zero-order valence-electron chi connectivity index (χ0n) is 14.8. The maximum atomic E-state index is 12.4. The molecule has 0 radical (unpaired) electrons. The Balaban J connectivity index is 1.68. The number of halogens is 3. The Morgan fingerprint density at radius 1 is 1.14 bits per heavy atom. The summed E-state index contributed by atoms with van der Waals surface area (Å²) in [4.78, 5) is 28.8. The predicted molar refractivity (Wildman–Crippen MR) is 97.1 cm³/mol. The van der Waals surface area contributed by atoms with E-state index in [1.165, 1.54) is 16.7 Å². The van der Waals surface area contributed by atoms with Gasteiger partial charge in [-0.05, 0) is 43.3 Å². The van der Waals surface area contributed by atoms with Crippen LogP contribution >= 0.6 is 0 Å². The largest absolute Gasteiger partial charge is 0.573 e. The summed E-state index contributed by atoms with van der Waals surface area (Å²) in [6, 6.07) is 11.9. The predicted octanol–water partition coefficient (Wildman–Crippen LogP) is 3.63. The number of aromatic nitrogens is 2. The lowest BCUT2D eigenvalue weighted by atomic mass is 10.2. The lowest BCUT2D eigenvalue weighted by Crippen LogP contribution is -2.26. The number of amides is 1. The zero-order valence-corrected chi connectivity index (χ0v) is 14.8. The molecule has 3 aromatic rings. The number of aryl methyl sites for hydroxylation is 2. The number of anilines is 1. The molecule has 0 bridgehead atoms. The third-order valence-corrected chi connectivity index (χ3v) is 3.95. The minimum Gasteiger partial charge on any atom is -0.406 e. The first-order valence-corrected chi connectivity index (χ1v) is 8.35. The van der Waals surface area contributed by atoms with Gasteiger partial charge in [0.05, 0.1) is 11.0 Å². The number of rotatable bonds is 5. The van der Waals surface area contributed by atoms with Gasteiger partial charge in [0.15, 0.2) is 0 Å². The number of fused-ring (bicyclic) bond motifs is 1. The molecule has 2 aromatic carbocycles. The molecule has 3 rings (SSSR count). The first-order valence-electron chi connectivity index (χ1n) is 8.35. The van der Waals surface area contributed by atoms with Crippen molar-refractivity contribution >= 4 is 22.6 Å². The molecular formula is C19H16F3N3O3. The van der Waals surface area contributed by atoms with Crippen LogP contribution in [0.25, 0.3) is 11.0 Å². The van der Waals surface area contributed by atoms with Crippen LogP contribution in [0.4, 0.5) is 18.9 Å². The molecule has 0 aliphatic carbocycles. The van der Waals surface area contributed by atoms with Gasteiger partial charge < -0.3 is 14.6 Å². The van der Waals surface area contributed by atoms with Gasteiger partial charge in [0.2, 0.25) is 5.91 Å². The Morgan fingerprint density at radius 3 is 2.50 bits per heavy atom. The standard InChI is InChI=1S/C19H16F3N3O3/c1-12-18(27)25(16-5-3-2-4-15(16)23-12)11-10-17(26)24-13-6-8-14(9-7-13)28-19(20,21)22/h2-9H,10-11H2,1H3,(H,24,26). The fourth-order valence-electron chi connectivity index (χ4n) is 2.72. The van der Waals surface area contributed by atoms with Crippen LogP contribution in [-0.4, -0.2) is 21.8 Å². The lowest BCUT2D eigenvalue weighted by Gasteiger charge is -2.12. The highest BCUT2D eigenvalue weighted by molar-refractivity contribution is 5.90. The summed E-state index contributed by atoms with van der Waals surface area (Å²) in [6.07, 6.45) is -4.77. The summed E-state index contributed by atoms with van der Waals surface area (Å²) >= 11 is 0. The van der Waals surface area contributed by atoms with Crippen LogP contribution in [0, 0.1) is 6.92 Å². The number of para-hydroxylation sites is 2. The molecule has 1 amide bonds. The molecule has 6 nitrogen and oxygen atoms in total. The maximum absolute atomic E-state index is 12.4. The monoisotopic (exact) mass is 391 g/mol. The molecule has 0 saturated heterocycles. The molecule has 0 saturated carbocycles. The Kier molecular flexibility index (Phi) is 5.34. The Labute approximate surface area is 157 Å². The van der Waals surface area contributed by atoms with Crippen LogP contribution in [0.5, 0.6) is 5.75 Å². The minimum absolute atomic E-state index is 0.00809. The summed E-state index contributed by atoms with van der Waals surface area (Å²) < 4.78 is 41.7. The third kappa shape index (κ3) is 4.67. The van der Waals surface area contributed by atoms with Gasteiger partial charge >= 0.3 is 6.36 Å². The van der Waals surface area contributed by atoms with Crippen LogP contribution in [0.2, 0.25) is 0 Å². The molecule has 28 heavy (non-hydrogen) atoms. The molecule has 9 heteroatoms. The third-order valence-electron chi connectivity index (χ3n) is 3.95. The van der Waals surface area contributed by atoms with Gasteiger partial charge in [-0.15, -0.1) is 13.2 Å². The van der Waals surface area contributed by atoms with E-state index in [0.717, 1.165) is 12.1 Å². The van der Waals surface area contributed by atoms with Gasteiger partial charge in [-0.25, -0.2) is 4.98 Å².